The van der Waals surface area contributed by atoms with E-state index in [1.54, 1.807) is 17.4 Å². The molecule has 0 atom stereocenters. The summed E-state index contributed by atoms with van der Waals surface area (Å²) in [5.74, 6) is -0.290. The summed E-state index contributed by atoms with van der Waals surface area (Å²) in [5.41, 5.74) is 10.4. The Morgan fingerprint density at radius 3 is 3.00 bits per heavy atom. The number of nitrogens with one attached hydrogen (secondary N) is 2. The first-order valence-electron chi connectivity index (χ1n) is 3.02. The molecule has 0 radical (unpaired) electrons. The van der Waals surface area contributed by atoms with E-state index in [0.717, 1.165) is 0 Å². The van der Waals surface area contributed by atoms with Crippen LogP contribution in [0, 0.1) is 0 Å². The minimum Gasteiger partial charge on any atom is -0.370 e. The number of carbonyl (C=O) groups is 1. The first-order chi connectivity index (χ1) is 4.79. The predicted octanol–water partition coefficient (Wildman–Crippen LogP) is -1.34. The highest BCUT2D eigenvalue weighted by molar-refractivity contribution is 5.73. The second-order valence-electron chi connectivity index (χ2n) is 1.98. The van der Waals surface area contributed by atoms with Crippen LogP contribution < -0.4 is 16.7 Å². The average molecular weight is 142 g/mol. The summed E-state index contributed by atoms with van der Waals surface area (Å²) in [5, 5.41) is 1.74. The Balaban J connectivity index is 2.13. The third-order valence-corrected chi connectivity index (χ3v) is 1.15. The number of nitrogens with zero attached hydrogens (tertiary/aromatic N) is 1. The molecule has 5 heteroatoms. The molecule has 4 N–H and O–H groups in total. The van der Waals surface area contributed by atoms with Gasteiger partial charge in [0.1, 0.15) is 0 Å². The quantitative estimate of drug-likeness (QED) is 0.456. The van der Waals surface area contributed by atoms with E-state index in [2.05, 4.69) is 11.0 Å². The highest BCUT2D eigenvalue weighted by atomic mass is 16.1. The molecular formula is C5H10N4O. The van der Waals surface area contributed by atoms with Gasteiger partial charge in [0.05, 0.1) is 0 Å². The van der Waals surface area contributed by atoms with Crippen LogP contribution in [-0.2, 0) is 4.79 Å². The summed E-state index contributed by atoms with van der Waals surface area (Å²) >= 11 is 0. The maximum atomic E-state index is 10.3. The number of primary amides is 1. The second kappa shape index (κ2) is 3.07. The molecule has 1 aliphatic heterocycles. The van der Waals surface area contributed by atoms with Crippen LogP contribution >= 0.6 is 0 Å². The van der Waals surface area contributed by atoms with E-state index in [0.29, 0.717) is 13.0 Å². The van der Waals surface area contributed by atoms with Crippen LogP contribution in [0.15, 0.2) is 12.4 Å². The lowest BCUT2D eigenvalue weighted by Crippen LogP contribution is -2.37. The van der Waals surface area contributed by atoms with Gasteiger partial charge in [0.15, 0.2) is 0 Å². The highest BCUT2D eigenvalue weighted by Crippen LogP contribution is 1.89. The molecule has 1 amide bonds. The molecule has 0 aliphatic carbocycles. The molecule has 0 bridgehead atoms. The Morgan fingerprint density at radius 2 is 2.50 bits per heavy atom. The van der Waals surface area contributed by atoms with E-state index in [1.807, 2.05) is 0 Å². The van der Waals surface area contributed by atoms with Crippen LogP contribution in [-0.4, -0.2) is 17.5 Å². The first kappa shape index (κ1) is 6.88. The normalized spacial score (nSPS) is 15.4. The molecule has 1 rings (SSSR count). The van der Waals surface area contributed by atoms with Gasteiger partial charge in [-0.1, -0.05) is 0 Å². The number of nitrogens with two attached hydrogens (primary N) is 1. The van der Waals surface area contributed by atoms with E-state index in [9.17, 15) is 4.79 Å². The summed E-state index contributed by atoms with van der Waals surface area (Å²) in [7, 11) is 0. The lowest BCUT2D eigenvalue weighted by molar-refractivity contribution is -0.118. The van der Waals surface area contributed by atoms with E-state index < -0.39 is 0 Å². The molecule has 0 spiro atoms. The minimum atomic E-state index is -0.290. The zero-order chi connectivity index (χ0) is 7.40. The summed E-state index contributed by atoms with van der Waals surface area (Å²) in [4.78, 5) is 10.3. The number of hydrogen-bond acceptors (Lipinski definition) is 4. The summed E-state index contributed by atoms with van der Waals surface area (Å²) in [6, 6.07) is 0. The van der Waals surface area contributed by atoms with Crippen molar-refractivity contribution in [2.75, 3.05) is 6.54 Å². The van der Waals surface area contributed by atoms with Gasteiger partial charge in [-0.2, -0.15) is 0 Å². The van der Waals surface area contributed by atoms with Crippen molar-refractivity contribution in [3.05, 3.63) is 12.4 Å². The van der Waals surface area contributed by atoms with E-state index in [1.165, 1.54) is 0 Å². The minimum absolute atomic E-state index is 0.290. The number of hydrazine groups is 2. The van der Waals surface area contributed by atoms with Gasteiger partial charge in [-0.25, -0.2) is 0 Å². The van der Waals surface area contributed by atoms with Crippen molar-refractivity contribution in [2.45, 2.75) is 6.42 Å². The van der Waals surface area contributed by atoms with Crippen LogP contribution in [0.25, 0.3) is 0 Å². The topological polar surface area (TPSA) is 70.4 Å². The number of carbonyl (C=O) groups excluding carboxylic acids is 1. The third-order valence-electron chi connectivity index (χ3n) is 1.15. The maximum absolute atomic E-state index is 10.3. The van der Waals surface area contributed by atoms with Gasteiger partial charge in [0.25, 0.3) is 0 Å². The molecule has 1 aliphatic rings. The Kier molecular flexibility index (Phi) is 2.11. The predicted molar refractivity (Wildman–Crippen MR) is 35.9 cm³/mol. The first-order valence-corrected chi connectivity index (χ1v) is 3.02. The van der Waals surface area contributed by atoms with E-state index >= 15 is 0 Å². The van der Waals surface area contributed by atoms with E-state index in [-0.39, 0.29) is 5.91 Å². The number of amides is 1. The van der Waals surface area contributed by atoms with Crippen molar-refractivity contribution in [3.63, 3.8) is 0 Å². The van der Waals surface area contributed by atoms with Gasteiger partial charge in [-0.05, 0) is 0 Å². The Morgan fingerprint density at radius 1 is 1.70 bits per heavy atom. The molecule has 56 valence electrons. The Bertz CT molecular complexity index is 156. The summed E-state index contributed by atoms with van der Waals surface area (Å²) in [6.45, 7) is 0.596. The molecule has 5 nitrogen and oxygen atoms in total. The maximum Gasteiger partial charge on any atom is 0.219 e. The van der Waals surface area contributed by atoms with Crippen LogP contribution in [0.3, 0.4) is 0 Å². The van der Waals surface area contributed by atoms with Gasteiger partial charge in [-0.3, -0.25) is 9.80 Å². The lowest BCUT2D eigenvalue weighted by Gasteiger charge is -2.13. The number of hydrogen-bond donors (Lipinski definition) is 3. The lowest BCUT2D eigenvalue weighted by atomic mass is 10.4. The van der Waals surface area contributed by atoms with Gasteiger partial charge >= 0.3 is 0 Å². The largest absolute Gasteiger partial charge is 0.370 e. The summed E-state index contributed by atoms with van der Waals surface area (Å²) < 4.78 is 0. The van der Waals surface area contributed by atoms with Crippen molar-refractivity contribution in [3.8, 4) is 0 Å². The van der Waals surface area contributed by atoms with Crippen molar-refractivity contribution >= 4 is 5.91 Å². The molecule has 0 saturated carbocycles. The fourth-order valence-corrected chi connectivity index (χ4v) is 0.646. The second-order valence-corrected chi connectivity index (χ2v) is 1.98. The van der Waals surface area contributed by atoms with Gasteiger partial charge < -0.3 is 11.2 Å². The molecule has 0 fully saturated rings. The van der Waals surface area contributed by atoms with Crippen LogP contribution in [0.5, 0.6) is 0 Å². The van der Waals surface area contributed by atoms with Gasteiger partial charge in [0.2, 0.25) is 5.91 Å². The smallest absolute Gasteiger partial charge is 0.219 e. The molecule has 0 saturated heterocycles. The number of rotatable bonds is 3. The van der Waals surface area contributed by atoms with Crippen molar-refractivity contribution < 1.29 is 4.79 Å². The fraction of sp³-hybridized carbons (Fsp3) is 0.400. The molecule has 0 unspecified atom stereocenters. The Labute approximate surface area is 58.8 Å². The molecule has 1 heterocycles. The molecule has 0 aromatic carbocycles. The Hall–Kier alpha value is -1.23. The molecule has 0 aromatic rings. The van der Waals surface area contributed by atoms with Gasteiger partial charge in [0, 0.05) is 25.4 Å². The van der Waals surface area contributed by atoms with Crippen LogP contribution in [0.1, 0.15) is 6.42 Å². The van der Waals surface area contributed by atoms with Crippen molar-refractivity contribution in [2.24, 2.45) is 5.73 Å². The molecular weight excluding hydrogens is 132 g/mol. The SMILES string of the molecule is NC(=O)CCN1C=CNN1. The molecule has 0 aromatic heterocycles. The fourth-order valence-electron chi connectivity index (χ4n) is 0.646. The van der Waals surface area contributed by atoms with E-state index in [4.69, 9.17) is 5.73 Å². The standard InChI is InChI=1S/C5H10N4O/c6-5(10)1-3-9-4-2-7-8-9/h2,4,7-8H,1,3H2,(H2,6,10). The monoisotopic (exact) mass is 142 g/mol. The molecule has 10 heavy (non-hydrogen) atoms. The average Bonchev–Trinajstić information content (AvgIpc) is 2.34. The van der Waals surface area contributed by atoms with Crippen molar-refractivity contribution in [1.29, 1.82) is 0 Å². The zero-order valence-electron chi connectivity index (χ0n) is 5.50. The third kappa shape index (κ3) is 1.94. The van der Waals surface area contributed by atoms with Crippen LogP contribution in [0.4, 0.5) is 0 Å². The van der Waals surface area contributed by atoms with Crippen molar-refractivity contribution in [1.82, 2.24) is 16.0 Å². The van der Waals surface area contributed by atoms with Crippen LogP contribution in [0.2, 0.25) is 0 Å². The highest BCUT2D eigenvalue weighted by Gasteiger charge is 2.02. The zero-order valence-corrected chi connectivity index (χ0v) is 5.50. The van der Waals surface area contributed by atoms with Gasteiger partial charge in [-0.15, -0.1) is 5.53 Å². The summed E-state index contributed by atoms with van der Waals surface area (Å²) in [6.07, 6.45) is 3.89.